The zero-order valence-electron chi connectivity index (χ0n) is 10.8. The molecule has 1 aromatic carbocycles. The van der Waals surface area contributed by atoms with Crippen LogP contribution in [0.5, 0.6) is 5.75 Å². The van der Waals surface area contributed by atoms with Crippen LogP contribution >= 0.6 is 0 Å². The molecule has 0 aliphatic heterocycles. The van der Waals surface area contributed by atoms with Crippen molar-refractivity contribution in [3.05, 3.63) is 42.1 Å². The molecular weight excluding hydrogens is 226 g/mol. The number of nitrogens with two attached hydrogens (primary N) is 1. The number of nitrogen functional groups attached to an aromatic ring is 1. The van der Waals surface area contributed by atoms with Crippen molar-refractivity contribution < 1.29 is 4.74 Å². The predicted octanol–water partition coefficient (Wildman–Crippen LogP) is 2.67. The van der Waals surface area contributed by atoms with Crippen molar-refractivity contribution in [2.45, 2.75) is 26.3 Å². The van der Waals surface area contributed by atoms with Gasteiger partial charge in [-0.3, -0.25) is 4.68 Å². The Morgan fingerprint density at radius 1 is 1.28 bits per heavy atom. The van der Waals surface area contributed by atoms with Gasteiger partial charge in [-0.15, -0.1) is 0 Å². The van der Waals surface area contributed by atoms with E-state index in [1.165, 1.54) is 5.56 Å². The Kier molecular flexibility index (Phi) is 3.87. The third kappa shape index (κ3) is 3.03. The minimum absolute atomic E-state index is 0.460. The van der Waals surface area contributed by atoms with Crippen LogP contribution in [-0.2, 0) is 6.54 Å². The SMILES string of the molecule is CC(C)c1ccccc1OCCn1ccc(N)n1. The fourth-order valence-corrected chi connectivity index (χ4v) is 1.84. The third-order valence-corrected chi connectivity index (χ3v) is 2.78. The van der Waals surface area contributed by atoms with E-state index < -0.39 is 0 Å². The standard InChI is InChI=1S/C14H19N3O/c1-11(2)12-5-3-4-6-13(12)18-10-9-17-8-7-14(15)16-17/h3-8,11H,9-10H2,1-2H3,(H2,15,16). The number of hydrogen-bond donors (Lipinski definition) is 1. The second-order valence-electron chi connectivity index (χ2n) is 4.54. The zero-order chi connectivity index (χ0) is 13.0. The first-order chi connectivity index (χ1) is 8.66. The van der Waals surface area contributed by atoms with E-state index in [9.17, 15) is 0 Å². The normalized spacial score (nSPS) is 10.8. The summed E-state index contributed by atoms with van der Waals surface area (Å²) in [6.45, 7) is 5.61. The summed E-state index contributed by atoms with van der Waals surface area (Å²) in [7, 11) is 0. The van der Waals surface area contributed by atoms with E-state index in [1.807, 2.05) is 24.4 Å². The van der Waals surface area contributed by atoms with E-state index in [1.54, 1.807) is 10.7 Å². The first-order valence-corrected chi connectivity index (χ1v) is 6.17. The van der Waals surface area contributed by atoms with Gasteiger partial charge in [0.05, 0.1) is 6.54 Å². The number of rotatable bonds is 5. The van der Waals surface area contributed by atoms with Gasteiger partial charge in [0.1, 0.15) is 18.2 Å². The third-order valence-electron chi connectivity index (χ3n) is 2.78. The van der Waals surface area contributed by atoms with E-state index in [0.29, 0.717) is 24.9 Å². The molecule has 96 valence electrons. The van der Waals surface area contributed by atoms with Crippen LogP contribution in [0.3, 0.4) is 0 Å². The fraction of sp³-hybridized carbons (Fsp3) is 0.357. The molecule has 0 unspecified atom stereocenters. The van der Waals surface area contributed by atoms with Crippen molar-refractivity contribution in [2.24, 2.45) is 0 Å². The van der Waals surface area contributed by atoms with Crippen LogP contribution in [0.25, 0.3) is 0 Å². The lowest BCUT2D eigenvalue weighted by Gasteiger charge is -2.13. The molecule has 0 bridgehead atoms. The Labute approximate surface area is 107 Å². The van der Waals surface area contributed by atoms with Gasteiger partial charge in [0, 0.05) is 6.20 Å². The fourth-order valence-electron chi connectivity index (χ4n) is 1.84. The Balaban J connectivity index is 1.94. The summed E-state index contributed by atoms with van der Waals surface area (Å²) >= 11 is 0. The van der Waals surface area contributed by atoms with Crippen LogP contribution in [0.1, 0.15) is 25.3 Å². The van der Waals surface area contributed by atoms with E-state index in [2.05, 4.69) is 25.0 Å². The smallest absolute Gasteiger partial charge is 0.145 e. The van der Waals surface area contributed by atoms with Gasteiger partial charge >= 0.3 is 0 Å². The number of nitrogens with zero attached hydrogens (tertiary/aromatic N) is 2. The van der Waals surface area contributed by atoms with Crippen molar-refractivity contribution in [1.82, 2.24) is 9.78 Å². The predicted molar refractivity (Wildman–Crippen MR) is 72.7 cm³/mol. The van der Waals surface area contributed by atoms with Gasteiger partial charge in [0.15, 0.2) is 0 Å². The van der Waals surface area contributed by atoms with E-state index in [0.717, 1.165) is 5.75 Å². The summed E-state index contributed by atoms with van der Waals surface area (Å²) in [6.07, 6.45) is 1.85. The maximum atomic E-state index is 5.81. The van der Waals surface area contributed by atoms with Gasteiger partial charge < -0.3 is 10.5 Å². The Morgan fingerprint density at radius 3 is 2.72 bits per heavy atom. The van der Waals surface area contributed by atoms with Gasteiger partial charge in [0.25, 0.3) is 0 Å². The molecule has 0 radical (unpaired) electrons. The van der Waals surface area contributed by atoms with Crippen LogP contribution in [0.15, 0.2) is 36.5 Å². The highest BCUT2D eigenvalue weighted by Crippen LogP contribution is 2.25. The minimum atomic E-state index is 0.460. The second kappa shape index (κ2) is 5.58. The lowest BCUT2D eigenvalue weighted by molar-refractivity contribution is 0.288. The molecule has 0 aliphatic rings. The number of anilines is 1. The zero-order valence-corrected chi connectivity index (χ0v) is 10.8. The van der Waals surface area contributed by atoms with Crippen LogP contribution in [0.4, 0.5) is 5.82 Å². The monoisotopic (exact) mass is 245 g/mol. The molecular formula is C14H19N3O. The maximum absolute atomic E-state index is 5.81. The maximum Gasteiger partial charge on any atom is 0.145 e. The summed E-state index contributed by atoms with van der Waals surface area (Å²) < 4.78 is 7.60. The van der Waals surface area contributed by atoms with Crippen LogP contribution < -0.4 is 10.5 Å². The molecule has 0 spiro atoms. The molecule has 1 aromatic heterocycles. The lowest BCUT2D eigenvalue weighted by atomic mass is 10.0. The minimum Gasteiger partial charge on any atom is -0.491 e. The average Bonchev–Trinajstić information content (AvgIpc) is 2.75. The molecule has 4 nitrogen and oxygen atoms in total. The second-order valence-corrected chi connectivity index (χ2v) is 4.54. The molecule has 0 amide bonds. The largest absolute Gasteiger partial charge is 0.491 e. The van der Waals surface area contributed by atoms with Gasteiger partial charge in [-0.2, -0.15) is 5.10 Å². The summed E-state index contributed by atoms with van der Waals surface area (Å²) in [5.41, 5.74) is 6.79. The first kappa shape index (κ1) is 12.5. The molecule has 0 aliphatic carbocycles. The van der Waals surface area contributed by atoms with Crippen molar-refractivity contribution >= 4 is 5.82 Å². The average molecular weight is 245 g/mol. The van der Waals surface area contributed by atoms with Gasteiger partial charge in [-0.25, -0.2) is 0 Å². The van der Waals surface area contributed by atoms with E-state index in [4.69, 9.17) is 10.5 Å². The molecule has 0 fully saturated rings. The topological polar surface area (TPSA) is 53.1 Å². The van der Waals surface area contributed by atoms with Gasteiger partial charge in [-0.05, 0) is 23.6 Å². The molecule has 2 N–H and O–H groups in total. The number of ether oxygens (including phenoxy) is 1. The highest BCUT2D eigenvalue weighted by Gasteiger charge is 2.06. The van der Waals surface area contributed by atoms with E-state index >= 15 is 0 Å². The molecule has 18 heavy (non-hydrogen) atoms. The molecule has 0 saturated carbocycles. The summed E-state index contributed by atoms with van der Waals surface area (Å²) in [5, 5.41) is 4.11. The molecule has 2 aromatic rings. The van der Waals surface area contributed by atoms with Crippen molar-refractivity contribution in [3.63, 3.8) is 0 Å². The Hall–Kier alpha value is -1.97. The number of benzene rings is 1. The van der Waals surface area contributed by atoms with Gasteiger partial charge in [0.2, 0.25) is 0 Å². The molecule has 1 heterocycles. The first-order valence-electron chi connectivity index (χ1n) is 6.17. The molecule has 2 rings (SSSR count). The van der Waals surface area contributed by atoms with Crippen LogP contribution in [0, 0.1) is 0 Å². The Bertz CT molecular complexity index is 505. The highest BCUT2D eigenvalue weighted by molar-refractivity contribution is 5.35. The quantitative estimate of drug-likeness (QED) is 0.881. The summed E-state index contributed by atoms with van der Waals surface area (Å²) in [5.74, 6) is 1.95. The number of aromatic nitrogens is 2. The van der Waals surface area contributed by atoms with Crippen molar-refractivity contribution in [3.8, 4) is 5.75 Å². The highest BCUT2D eigenvalue weighted by atomic mass is 16.5. The Morgan fingerprint density at radius 2 is 2.06 bits per heavy atom. The van der Waals surface area contributed by atoms with Crippen molar-refractivity contribution in [1.29, 1.82) is 0 Å². The molecule has 0 atom stereocenters. The van der Waals surface area contributed by atoms with Crippen LogP contribution in [0.2, 0.25) is 0 Å². The number of para-hydroxylation sites is 1. The molecule has 0 saturated heterocycles. The molecule has 4 heteroatoms. The van der Waals surface area contributed by atoms with Gasteiger partial charge in [-0.1, -0.05) is 32.0 Å². The number of hydrogen-bond acceptors (Lipinski definition) is 3. The van der Waals surface area contributed by atoms with Crippen molar-refractivity contribution in [2.75, 3.05) is 12.3 Å². The van der Waals surface area contributed by atoms with Crippen LogP contribution in [-0.4, -0.2) is 16.4 Å². The summed E-state index contributed by atoms with van der Waals surface area (Å²) in [4.78, 5) is 0. The summed E-state index contributed by atoms with van der Waals surface area (Å²) in [6, 6.07) is 9.92. The lowest BCUT2D eigenvalue weighted by Crippen LogP contribution is -2.10. The van der Waals surface area contributed by atoms with E-state index in [-0.39, 0.29) is 0 Å².